The standard InChI is InChI=1S/C24H35NO6/c1-7-10-11-12-30-17-13-18(19(14-17)21(27)31-23(4,5)6)20(26)25-24(15-16(24)8-2)22(28)29-9-3/h7-8,11-12,16-19H,1-2,9-10,13-15H2,3-6H3,(H,25,26)/t16?,17-,18-,19-,24-/m1/s1. The zero-order valence-electron chi connectivity index (χ0n) is 19.0. The molecule has 1 N–H and O–H groups in total. The fourth-order valence-electron chi connectivity index (χ4n) is 3.92. The molecule has 1 amide bonds. The summed E-state index contributed by atoms with van der Waals surface area (Å²) < 4.78 is 16.5. The Labute approximate surface area is 184 Å². The van der Waals surface area contributed by atoms with Crippen molar-refractivity contribution in [3.8, 4) is 0 Å². The number of amides is 1. The van der Waals surface area contributed by atoms with Crippen LogP contribution < -0.4 is 5.32 Å². The molecule has 172 valence electrons. The van der Waals surface area contributed by atoms with E-state index in [1.165, 1.54) is 0 Å². The van der Waals surface area contributed by atoms with E-state index in [0.717, 1.165) is 0 Å². The maximum absolute atomic E-state index is 13.2. The molecule has 5 atom stereocenters. The van der Waals surface area contributed by atoms with Gasteiger partial charge >= 0.3 is 11.9 Å². The molecule has 0 heterocycles. The van der Waals surface area contributed by atoms with E-state index in [4.69, 9.17) is 14.2 Å². The van der Waals surface area contributed by atoms with E-state index in [0.29, 0.717) is 25.7 Å². The lowest BCUT2D eigenvalue weighted by molar-refractivity contribution is -0.163. The van der Waals surface area contributed by atoms with Gasteiger partial charge < -0.3 is 19.5 Å². The molecule has 2 saturated carbocycles. The lowest BCUT2D eigenvalue weighted by Crippen LogP contribution is -2.49. The van der Waals surface area contributed by atoms with Gasteiger partial charge in [0.2, 0.25) is 5.91 Å². The smallest absolute Gasteiger partial charge is 0.332 e. The van der Waals surface area contributed by atoms with Crippen molar-refractivity contribution < 1.29 is 28.6 Å². The Balaban J connectivity index is 2.16. The highest BCUT2D eigenvalue weighted by Crippen LogP contribution is 2.46. The number of carbonyl (C=O) groups excluding carboxylic acids is 3. The van der Waals surface area contributed by atoms with Crippen LogP contribution in [0.15, 0.2) is 37.6 Å². The van der Waals surface area contributed by atoms with Gasteiger partial charge in [0, 0.05) is 5.92 Å². The molecule has 0 radical (unpaired) electrons. The first-order chi connectivity index (χ1) is 14.6. The van der Waals surface area contributed by atoms with Crippen LogP contribution in [0.1, 0.15) is 53.4 Å². The average Bonchev–Trinajstić information content (AvgIpc) is 3.23. The van der Waals surface area contributed by atoms with Crippen LogP contribution in [0.3, 0.4) is 0 Å². The molecule has 7 nitrogen and oxygen atoms in total. The third-order valence-electron chi connectivity index (χ3n) is 5.52. The van der Waals surface area contributed by atoms with E-state index < -0.39 is 34.9 Å². The fraction of sp³-hybridized carbons (Fsp3) is 0.625. The third kappa shape index (κ3) is 6.21. The van der Waals surface area contributed by atoms with Crippen molar-refractivity contribution in [2.45, 2.75) is 70.6 Å². The number of rotatable bonds is 10. The minimum atomic E-state index is -1.10. The Kier molecular flexibility index (Phi) is 8.09. The summed E-state index contributed by atoms with van der Waals surface area (Å²) in [6, 6.07) is 0. The van der Waals surface area contributed by atoms with Gasteiger partial charge in [0.1, 0.15) is 11.1 Å². The van der Waals surface area contributed by atoms with E-state index in [2.05, 4.69) is 18.5 Å². The van der Waals surface area contributed by atoms with Crippen molar-refractivity contribution in [2.24, 2.45) is 17.8 Å². The first kappa shape index (κ1) is 24.7. The molecule has 2 aliphatic carbocycles. The first-order valence-electron chi connectivity index (χ1n) is 10.8. The molecule has 0 aromatic carbocycles. The van der Waals surface area contributed by atoms with Crippen LogP contribution in [0, 0.1) is 17.8 Å². The number of ether oxygens (including phenoxy) is 3. The van der Waals surface area contributed by atoms with Gasteiger partial charge in [-0.3, -0.25) is 9.59 Å². The van der Waals surface area contributed by atoms with Crippen molar-refractivity contribution in [3.63, 3.8) is 0 Å². The van der Waals surface area contributed by atoms with Gasteiger partial charge in [0.15, 0.2) is 0 Å². The molecule has 0 spiro atoms. The van der Waals surface area contributed by atoms with Crippen LogP contribution in [-0.4, -0.2) is 41.7 Å². The molecule has 7 heteroatoms. The normalized spacial score (nSPS) is 29.8. The van der Waals surface area contributed by atoms with Crippen LogP contribution in [0.25, 0.3) is 0 Å². The quantitative estimate of drug-likeness (QED) is 0.322. The van der Waals surface area contributed by atoms with Crippen molar-refractivity contribution in [1.82, 2.24) is 5.32 Å². The van der Waals surface area contributed by atoms with Gasteiger partial charge in [0.05, 0.1) is 30.8 Å². The molecule has 0 bridgehead atoms. The number of carbonyl (C=O) groups is 3. The van der Waals surface area contributed by atoms with Crippen molar-refractivity contribution in [2.75, 3.05) is 6.61 Å². The summed E-state index contributed by atoms with van der Waals surface area (Å²) in [4.78, 5) is 38.6. The highest BCUT2D eigenvalue weighted by Gasteiger charge is 2.62. The van der Waals surface area contributed by atoms with E-state index >= 15 is 0 Å². The maximum Gasteiger partial charge on any atom is 0.332 e. The van der Waals surface area contributed by atoms with Gasteiger partial charge in [-0.1, -0.05) is 12.2 Å². The molecule has 2 fully saturated rings. The Morgan fingerprint density at radius 2 is 1.84 bits per heavy atom. The number of hydrogen-bond acceptors (Lipinski definition) is 6. The summed E-state index contributed by atoms with van der Waals surface area (Å²) in [6.07, 6.45) is 8.30. The van der Waals surface area contributed by atoms with Crippen LogP contribution >= 0.6 is 0 Å². The van der Waals surface area contributed by atoms with Crippen LogP contribution in [0.4, 0.5) is 0 Å². The topological polar surface area (TPSA) is 90.9 Å². The lowest BCUT2D eigenvalue weighted by atomic mass is 9.94. The first-order valence-corrected chi connectivity index (χ1v) is 10.8. The van der Waals surface area contributed by atoms with Crippen molar-refractivity contribution >= 4 is 17.8 Å². The maximum atomic E-state index is 13.2. The minimum Gasteiger partial charge on any atom is -0.498 e. The molecular formula is C24H35NO6. The Morgan fingerprint density at radius 1 is 1.16 bits per heavy atom. The number of hydrogen-bond donors (Lipinski definition) is 1. The molecule has 0 aliphatic heterocycles. The van der Waals surface area contributed by atoms with Crippen LogP contribution in [0.2, 0.25) is 0 Å². The van der Waals surface area contributed by atoms with Crippen LogP contribution in [-0.2, 0) is 28.6 Å². The van der Waals surface area contributed by atoms with E-state index in [-0.39, 0.29) is 24.5 Å². The largest absolute Gasteiger partial charge is 0.498 e. The molecule has 2 rings (SSSR count). The second kappa shape index (κ2) is 10.2. The molecular weight excluding hydrogens is 398 g/mol. The third-order valence-corrected chi connectivity index (χ3v) is 5.52. The van der Waals surface area contributed by atoms with Gasteiger partial charge in [0.25, 0.3) is 0 Å². The fourth-order valence-corrected chi connectivity index (χ4v) is 3.92. The minimum absolute atomic E-state index is 0.189. The second-order valence-electron chi connectivity index (χ2n) is 9.10. The van der Waals surface area contributed by atoms with Gasteiger partial charge in [-0.2, -0.15) is 0 Å². The van der Waals surface area contributed by atoms with E-state index in [1.807, 2.05) is 6.08 Å². The molecule has 1 unspecified atom stereocenters. The second-order valence-corrected chi connectivity index (χ2v) is 9.10. The zero-order chi connectivity index (χ0) is 23.2. The summed E-state index contributed by atoms with van der Waals surface area (Å²) in [5.41, 5.74) is -1.77. The molecule has 2 aliphatic rings. The summed E-state index contributed by atoms with van der Waals surface area (Å²) in [5, 5.41) is 2.86. The average molecular weight is 434 g/mol. The Morgan fingerprint density at radius 3 is 2.39 bits per heavy atom. The highest BCUT2D eigenvalue weighted by molar-refractivity contribution is 5.94. The predicted molar refractivity (Wildman–Crippen MR) is 117 cm³/mol. The molecule has 0 aromatic heterocycles. The van der Waals surface area contributed by atoms with Gasteiger partial charge in [-0.15, -0.1) is 13.2 Å². The zero-order valence-corrected chi connectivity index (χ0v) is 19.0. The SMILES string of the molecule is C=CCC=CO[C@@H]1C[C@@H](C(=O)N[C@]2(C(=O)OCC)CC2C=C)[C@H](C(=O)OC(C)(C)C)C1. The summed E-state index contributed by atoms with van der Waals surface area (Å²) in [7, 11) is 0. The summed E-state index contributed by atoms with van der Waals surface area (Å²) >= 11 is 0. The summed E-state index contributed by atoms with van der Waals surface area (Å²) in [5.74, 6) is -2.78. The van der Waals surface area contributed by atoms with E-state index in [1.54, 1.807) is 46.1 Å². The van der Waals surface area contributed by atoms with Crippen molar-refractivity contribution in [3.05, 3.63) is 37.6 Å². The molecule has 0 saturated heterocycles. The van der Waals surface area contributed by atoms with Crippen molar-refractivity contribution in [1.29, 1.82) is 0 Å². The number of nitrogens with one attached hydrogen (secondary N) is 1. The monoisotopic (exact) mass is 433 g/mol. The Hall–Kier alpha value is -2.57. The van der Waals surface area contributed by atoms with E-state index in [9.17, 15) is 14.4 Å². The van der Waals surface area contributed by atoms with Gasteiger partial charge in [-0.05, 0) is 59.5 Å². The van der Waals surface area contributed by atoms with Gasteiger partial charge in [-0.25, -0.2) is 4.79 Å². The summed E-state index contributed by atoms with van der Waals surface area (Å²) in [6.45, 7) is 14.7. The van der Waals surface area contributed by atoms with Crippen LogP contribution in [0.5, 0.6) is 0 Å². The highest BCUT2D eigenvalue weighted by atomic mass is 16.6. The Bertz CT molecular complexity index is 737. The lowest BCUT2D eigenvalue weighted by Gasteiger charge is -2.25. The molecule has 0 aromatic rings. The number of esters is 2. The molecule has 31 heavy (non-hydrogen) atoms. The predicted octanol–water partition coefficient (Wildman–Crippen LogP) is 3.45. The number of allylic oxidation sites excluding steroid dienone is 2.